The van der Waals surface area contributed by atoms with Crippen molar-refractivity contribution in [3.05, 3.63) is 166 Å². The predicted octanol–water partition coefficient (Wildman–Crippen LogP) is 29.4. The van der Waals surface area contributed by atoms with Crippen molar-refractivity contribution in [1.82, 2.24) is 8.80 Å². The highest BCUT2D eigenvalue weighted by Crippen LogP contribution is 2.62. The average molecular weight is 1320 g/mol. The fraction of sp³-hybridized carbons (Fsp3) is 0.320. The Morgan fingerprint density at radius 1 is 0.137 bits per heavy atom. The molecule has 22 rings (SSSR count). The summed E-state index contributed by atoms with van der Waals surface area (Å²) in [6.07, 6.45) is 0. The Hall–Kier alpha value is -9.24. The van der Waals surface area contributed by atoms with Crippen LogP contribution in [0.2, 0.25) is 0 Å². The number of aromatic nitrogens is 2. The number of benzene rings is 16. The molecule has 0 amide bonds. The summed E-state index contributed by atoms with van der Waals surface area (Å²) < 4.78 is 5.68. The summed E-state index contributed by atoms with van der Waals surface area (Å²) in [5.41, 5.74) is 20.9. The molecule has 0 N–H and O–H groups in total. The first-order chi connectivity index (χ1) is 47.6. The predicted molar refractivity (Wildman–Crippen MR) is 450 cm³/mol. The van der Waals surface area contributed by atoms with Crippen molar-refractivity contribution in [2.24, 2.45) is 0 Å². The molecule has 0 aliphatic rings. The monoisotopic (exact) mass is 1320 g/mol. The molecule has 0 saturated carbocycles. The third kappa shape index (κ3) is 7.02. The van der Waals surface area contributed by atoms with Gasteiger partial charge in [0, 0.05) is 86.2 Å². The lowest BCUT2D eigenvalue weighted by atomic mass is 9.77. The molecule has 22 aromatic rings. The molecule has 0 unspecified atom stereocenters. The lowest BCUT2D eigenvalue weighted by molar-refractivity contribution is 0.591. The molecule has 6 heterocycles. The number of fused-ring (bicyclic) bond motifs is 10. The Morgan fingerprint density at radius 2 is 0.265 bits per heavy atom. The molecule has 0 saturated heterocycles. The van der Waals surface area contributed by atoms with E-state index in [9.17, 15) is 0 Å². The molecule has 0 atom stereocenters. The highest BCUT2D eigenvalue weighted by atomic mass is 14.9. The third-order valence-corrected chi connectivity index (χ3v) is 26.2. The molecule has 0 aliphatic heterocycles. The maximum absolute atomic E-state index is 2.84. The molecule has 0 radical (unpaired) electrons. The lowest BCUT2D eigenvalue weighted by Gasteiger charge is -2.26. The van der Waals surface area contributed by atoms with Crippen molar-refractivity contribution in [3.8, 4) is 11.1 Å². The van der Waals surface area contributed by atoms with Gasteiger partial charge < -0.3 is 8.80 Å². The van der Waals surface area contributed by atoms with Gasteiger partial charge in [0.15, 0.2) is 0 Å². The van der Waals surface area contributed by atoms with Crippen LogP contribution in [0.1, 0.15) is 211 Å². The fourth-order valence-corrected chi connectivity index (χ4v) is 20.5. The standard InChI is InChI=1S/C100H92N2/c1-93(2,3)47-29-55-56-30-48(94(4,5)6)34-60-64-38-52(98(16,17)18)42-68-72-26-45(25-71-67-41-51(97(13,14)15)37-63-59(33-47)75(55)83-84(76(56)60)90(80(64)68)101(87(71)72)89(83)79(63)67)46-27-73-69-43-53(99(19,20)21)39-65-61-35-49(95(7,8)9)31-57-58-32-50(96(10,11)12)36-62-66-40-54(100(22,23)24)44-70-74(28-46)88(73)102-91(81(65)69)85(77(57)61)86(78(58)62)92(102)82(66)70/h25-44H,1-24H3. The van der Waals surface area contributed by atoms with E-state index in [0.29, 0.717) is 0 Å². The molecule has 2 heteroatoms. The normalized spacial score (nSPS) is 14.9. The SMILES string of the molecule is CC(C)(C)c1cc2c3cc(C(C)(C)C)cc4c5cc(C(C)(C)C)cc6c7cc(-c8cc9c%10cc(C(C)(C)C)cc%11c%12cc(C(C)(C)C)cc%13c%14cc(C(C)(C)C)cc%15c%16cc(C(C)(C)C)cc%17c(c8)c9n8c(c%11%10)c(c%13%12)c(c%14%15)c8c%16%17)cc8c9cc(C(C)(C)C)cc%10c(c1)c2c1c(c34)c(c56)n(c87)c1c%109. The zero-order valence-corrected chi connectivity index (χ0v) is 64.4. The molecule has 2 nitrogen and oxygen atoms in total. The summed E-state index contributed by atoms with van der Waals surface area (Å²) in [6.45, 7) is 58.3. The van der Waals surface area contributed by atoms with Crippen molar-refractivity contribution in [1.29, 1.82) is 0 Å². The Morgan fingerprint density at radius 3 is 0.402 bits per heavy atom. The second-order valence-corrected chi connectivity index (χ2v) is 41.0. The van der Waals surface area contributed by atoms with Crippen LogP contribution in [0.25, 0.3) is 217 Å². The first-order valence-electron chi connectivity index (χ1n) is 38.1. The second kappa shape index (κ2) is 17.3. The largest absolute Gasteiger partial charge is 0.307 e. The van der Waals surface area contributed by atoms with Gasteiger partial charge in [0.05, 0.1) is 33.1 Å². The highest BCUT2D eigenvalue weighted by molar-refractivity contribution is 6.55. The Labute approximate surface area is 596 Å². The molecule has 0 bridgehead atoms. The van der Waals surface area contributed by atoms with Crippen LogP contribution < -0.4 is 0 Å². The Balaban J connectivity index is 1.01. The molecular formula is C100H92N2. The molecule has 6 aromatic heterocycles. The van der Waals surface area contributed by atoms with Crippen LogP contribution in [0.5, 0.6) is 0 Å². The molecule has 502 valence electrons. The summed E-state index contributed by atoms with van der Waals surface area (Å²) in [7, 11) is 0. The molecule has 0 aliphatic carbocycles. The van der Waals surface area contributed by atoms with E-state index < -0.39 is 0 Å². The quantitative estimate of drug-likeness (QED) is 0.114. The van der Waals surface area contributed by atoms with E-state index >= 15 is 0 Å². The van der Waals surface area contributed by atoms with Crippen molar-refractivity contribution >= 4 is 205 Å². The number of pyridine rings is 4. The van der Waals surface area contributed by atoms with E-state index in [4.69, 9.17) is 0 Å². The van der Waals surface area contributed by atoms with Gasteiger partial charge in [-0.3, -0.25) is 0 Å². The van der Waals surface area contributed by atoms with Crippen LogP contribution in [-0.4, -0.2) is 8.80 Å². The lowest BCUT2D eigenvalue weighted by Crippen LogP contribution is -2.12. The van der Waals surface area contributed by atoms with Crippen LogP contribution >= 0.6 is 0 Å². The first kappa shape index (κ1) is 60.4. The summed E-state index contributed by atoms with van der Waals surface area (Å²) in [6, 6.07) is 52.8. The molecule has 16 aromatic carbocycles. The number of rotatable bonds is 1. The van der Waals surface area contributed by atoms with E-state index in [1.807, 2.05) is 0 Å². The van der Waals surface area contributed by atoms with Gasteiger partial charge in [-0.25, -0.2) is 0 Å². The maximum Gasteiger partial charge on any atom is 0.0633 e. The fourth-order valence-electron chi connectivity index (χ4n) is 20.5. The van der Waals surface area contributed by atoms with E-state index in [2.05, 4.69) is 296 Å². The van der Waals surface area contributed by atoms with Crippen molar-refractivity contribution in [2.45, 2.75) is 209 Å². The van der Waals surface area contributed by atoms with Crippen LogP contribution in [0, 0.1) is 0 Å². The van der Waals surface area contributed by atoms with Gasteiger partial charge >= 0.3 is 0 Å². The summed E-state index contributed by atoms with van der Waals surface area (Å²) >= 11 is 0. The van der Waals surface area contributed by atoms with Gasteiger partial charge in [0.1, 0.15) is 0 Å². The van der Waals surface area contributed by atoms with E-state index in [0.717, 1.165) is 0 Å². The zero-order chi connectivity index (χ0) is 71.0. The number of hydrogen-bond acceptors (Lipinski definition) is 0. The van der Waals surface area contributed by atoms with Gasteiger partial charge in [0.2, 0.25) is 0 Å². The van der Waals surface area contributed by atoms with Crippen molar-refractivity contribution in [3.63, 3.8) is 0 Å². The van der Waals surface area contributed by atoms with Gasteiger partial charge in [-0.2, -0.15) is 0 Å². The molecule has 0 fully saturated rings. The molecule has 0 spiro atoms. The summed E-state index contributed by atoms with van der Waals surface area (Å²) in [5.74, 6) is 0. The minimum Gasteiger partial charge on any atom is -0.307 e. The van der Waals surface area contributed by atoms with Crippen LogP contribution in [0.15, 0.2) is 121 Å². The highest BCUT2D eigenvalue weighted by Gasteiger charge is 2.39. The van der Waals surface area contributed by atoms with Gasteiger partial charge in [-0.05, 0) is 306 Å². The number of nitrogens with zero attached hydrogens (tertiary/aromatic N) is 2. The Kier molecular flexibility index (Phi) is 10.3. The van der Waals surface area contributed by atoms with E-state index in [1.165, 1.54) is 261 Å². The van der Waals surface area contributed by atoms with Gasteiger partial charge in [0.25, 0.3) is 0 Å². The summed E-state index contributed by atoms with van der Waals surface area (Å²) in [4.78, 5) is 0. The molecule has 102 heavy (non-hydrogen) atoms. The van der Waals surface area contributed by atoms with Crippen molar-refractivity contribution in [2.75, 3.05) is 0 Å². The van der Waals surface area contributed by atoms with Crippen LogP contribution in [0.4, 0.5) is 0 Å². The van der Waals surface area contributed by atoms with Crippen LogP contribution in [0.3, 0.4) is 0 Å². The smallest absolute Gasteiger partial charge is 0.0633 e. The second-order valence-electron chi connectivity index (χ2n) is 41.0. The Bertz CT molecular complexity index is 6610. The van der Waals surface area contributed by atoms with Crippen molar-refractivity contribution < 1.29 is 0 Å². The maximum atomic E-state index is 2.84. The van der Waals surface area contributed by atoms with Gasteiger partial charge in [-0.15, -0.1) is 0 Å². The topological polar surface area (TPSA) is 8.82 Å². The molecular weight excluding hydrogens is 1230 g/mol. The van der Waals surface area contributed by atoms with E-state index in [-0.39, 0.29) is 43.3 Å². The number of hydrogen-bond donors (Lipinski definition) is 0. The third-order valence-electron chi connectivity index (χ3n) is 26.2. The zero-order valence-electron chi connectivity index (χ0n) is 64.4. The van der Waals surface area contributed by atoms with Gasteiger partial charge in [-0.1, -0.05) is 166 Å². The van der Waals surface area contributed by atoms with E-state index in [1.54, 1.807) is 0 Å². The average Bonchev–Trinajstić information content (AvgIpc) is 1.48. The minimum atomic E-state index is -0.138. The first-order valence-corrected chi connectivity index (χ1v) is 38.1. The van der Waals surface area contributed by atoms with Crippen LogP contribution in [-0.2, 0) is 43.3 Å². The minimum absolute atomic E-state index is 0.0958. The summed E-state index contributed by atoms with van der Waals surface area (Å²) in [5, 5.41) is 44.4.